The van der Waals surface area contributed by atoms with Crippen molar-refractivity contribution >= 4 is 21.9 Å². The minimum atomic E-state index is -0.343. The van der Waals surface area contributed by atoms with E-state index in [9.17, 15) is 4.79 Å². The largest absolute Gasteiger partial charge is 0.488 e. The summed E-state index contributed by atoms with van der Waals surface area (Å²) >= 11 is 3.53. The van der Waals surface area contributed by atoms with Crippen molar-refractivity contribution in [2.75, 3.05) is 13.2 Å². The highest BCUT2D eigenvalue weighted by Gasteiger charge is 2.36. The van der Waals surface area contributed by atoms with Crippen LogP contribution in [0.1, 0.15) is 30.4 Å². The summed E-state index contributed by atoms with van der Waals surface area (Å²) < 4.78 is 17.3. The zero-order chi connectivity index (χ0) is 14.8. The number of fused-ring (bicyclic) bond motifs is 3. The zero-order valence-electron chi connectivity index (χ0n) is 11.8. The maximum Gasteiger partial charge on any atom is 0.332 e. The van der Waals surface area contributed by atoms with E-state index >= 15 is 0 Å². The molecule has 21 heavy (non-hydrogen) atoms. The van der Waals surface area contributed by atoms with Crippen LogP contribution < -0.4 is 4.74 Å². The van der Waals surface area contributed by atoms with Gasteiger partial charge >= 0.3 is 5.97 Å². The maximum atomic E-state index is 11.3. The fraction of sp³-hybridized carbons (Fsp3) is 0.438. The van der Waals surface area contributed by atoms with Crippen molar-refractivity contribution in [3.63, 3.8) is 0 Å². The van der Waals surface area contributed by atoms with Crippen LogP contribution in [0.2, 0.25) is 0 Å². The predicted octanol–water partition coefficient (Wildman–Crippen LogP) is 3.33. The number of esters is 1. The van der Waals surface area contributed by atoms with Crippen molar-refractivity contribution in [1.29, 1.82) is 0 Å². The third-order valence-corrected chi connectivity index (χ3v) is 4.14. The molecule has 1 aliphatic heterocycles. The van der Waals surface area contributed by atoms with Gasteiger partial charge in [-0.1, -0.05) is 28.1 Å². The molecule has 0 N–H and O–H groups in total. The minimum Gasteiger partial charge on any atom is -0.488 e. The number of carbonyl (C=O) groups is 1. The number of rotatable bonds is 5. The normalized spacial score (nSPS) is 21.8. The van der Waals surface area contributed by atoms with Gasteiger partial charge in [-0.15, -0.1) is 0 Å². The van der Waals surface area contributed by atoms with Crippen LogP contribution in [0.25, 0.3) is 0 Å². The Labute approximate surface area is 132 Å². The second-order valence-electron chi connectivity index (χ2n) is 5.13. The molecule has 0 saturated carbocycles. The van der Waals surface area contributed by atoms with Gasteiger partial charge in [-0.25, -0.2) is 4.79 Å². The maximum absolute atomic E-state index is 11.3. The van der Waals surface area contributed by atoms with E-state index in [1.807, 2.05) is 6.07 Å². The van der Waals surface area contributed by atoms with Gasteiger partial charge in [0.2, 0.25) is 0 Å². The highest BCUT2D eigenvalue weighted by molar-refractivity contribution is 9.10. The highest BCUT2D eigenvalue weighted by atomic mass is 79.9. The number of hydrogen-bond acceptors (Lipinski definition) is 4. The Bertz CT molecular complexity index is 582. The summed E-state index contributed by atoms with van der Waals surface area (Å²) in [6, 6.07) is 4.08. The number of ether oxygens (including phenoxy) is 3. The third kappa shape index (κ3) is 2.99. The van der Waals surface area contributed by atoms with E-state index in [2.05, 4.69) is 34.1 Å². The summed E-state index contributed by atoms with van der Waals surface area (Å²) in [6.45, 7) is 2.44. The molecule has 2 atom stereocenters. The summed E-state index contributed by atoms with van der Waals surface area (Å²) in [6.07, 6.45) is 5.51. The Balaban J connectivity index is 1.72. The van der Waals surface area contributed by atoms with Crippen molar-refractivity contribution in [2.45, 2.75) is 32.0 Å². The van der Waals surface area contributed by atoms with Crippen molar-refractivity contribution in [1.82, 2.24) is 0 Å². The number of benzene rings is 1. The van der Waals surface area contributed by atoms with Crippen molar-refractivity contribution in [3.8, 4) is 5.75 Å². The van der Waals surface area contributed by atoms with Crippen molar-refractivity contribution in [3.05, 3.63) is 39.9 Å². The molecule has 0 fully saturated rings. The Hall–Kier alpha value is -1.33. The van der Waals surface area contributed by atoms with Gasteiger partial charge in [0.05, 0.1) is 13.2 Å². The Morgan fingerprint density at radius 3 is 3.14 bits per heavy atom. The average molecular weight is 353 g/mol. The zero-order valence-corrected chi connectivity index (χ0v) is 13.4. The topological polar surface area (TPSA) is 44.8 Å². The quantitative estimate of drug-likeness (QED) is 0.602. The van der Waals surface area contributed by atoms with Crippen molar-refractivity contribution < 1.29 is 19.0 Å². The molecule has 0 aromatic heterocycles. The molecule has 0 bridgehead atoms. The van der Waals surface area contributed by atoms with Crippen LogP contribution in [0.5, 0.6) is 5.75 Å². The Kier molecular flexibility index (Phi) is 4.31. The molecular weight excluding hydrogens is 336 g/mol. The van der Waals surface area contributed by atoms with Gasteiger partial charge in [-0.3, -0.25) is 0 Å². The molecule has 4 nitrogen and oxygen atoms in total. The molecule has 112 valence electrons. The first kappa shape index (κ1) is 14.6. The lowest BCUT2D eigenvalue weighted by atomic mass is 9.97. The second-order valence-corrected chi connectivity index (χ2v) is 6.04. The Morgan fingerprint density at radius 1 is 1.48 bits per heavy atom. The molecule has 0 unspecified atom stereocenters. The lowest BCUT2D eigenvalue weighted by molar-refractivity contribution is -0.148. The lowest BCUT2D eigenvalue weighted by Gasteiger charge is -2.11. The van der Waals surface area contributed by atoms with Gasteiger partial charge in [0.1, 0.15) is 18.5 Å². The molecule has 5 heteroatoms. The molecule has 1 aliphatic carbocycles. The standard InChI is InChI=1S/C16H17BrO4/c1-2-20-15(18)9-19-8-10-6-11(17)7-13-12-4-3-5-14(12)21-16(10)13/h3-4,6-7,12,14H,2,5,8-9H2,1H3/t12-,14-/m1/s1. The van der Waals surface area contributed by atoms with Crippen LogP contribution >= 0.6 is 15.9 Å². The van der Waals surface area contributed by atoms with Crippen LogP contribution in [0.4, 0.5) is 0 Å². The van der Waals surface area contributed by atoms with E-state index in [-0.39, 0.29) is 18.7 Å². The molecule has 0 amide bonds. The summed E-state index contributed by atoms with van der Waals surface area (Å²) in [4.78, 5) is 11.3. The predicted molar refractivity (Wildman–Crippen MR) is 81.3 cm³/mol. The summed E-state index contributed by atoms with van der Waals surface area (Å²) in [5, 5.41) is 0. The highest BCUT2D eigenvalue weighted by Crippen LogP contribution is 2.46. The summed E-state index contributed by atoms with van der Waals surface area (Å²) in [5.41, 5.74) is 2.16. The Morgan fingerprint density at radius 2 is 2.33 bits per heavy atom. The molecule has 1 heterocycles. The molecule has 0 spiro atoms. The minimum absolute atomic E-state index is 0.0398. The van der Waals surface area contributed by atoms with Gasteiger partial charge in [0, 0.05) is 27.9 Å². The third-order valence-electron chi connectivity index (χ3n) is 3.68. The lowest BCUT2D eigenvalue weighted by Crippen LogP contribution is -2.13. The van der Waals surface area contributed by atoms with E-state index in [0.29, 0.717) is 19.1 Å². The van der Waals surface area contributed by atoms with Crippen LogP contribution in [0, 0.1) is 0 Å². The first-order chi connectivity index (χ1) is 10.2. The van der Waals surface area contributed by atoms with Crippen LogP contribution in [-0.4, -0.2) is 25.3 Å². The van der Waals surface area contributed by atoms with Crippen LogP contribution in [-0.2, 0) is 20.9 Å². The van der Waals surface area contributed by atoms with Gasteiger partial charge in [0.15, 0.2) is 0 Å². The summed E-state index contributed by atoms with van der Waals surface area (Å²) in [7, 11) is 0. The molecule has 2 aliphatic rings. The van der Waals surface area contributed by atoms with Crippen molar-refractivity contribution in [2.24, 2.45) is 0 Å². The molecule has 1 aromatic rings. The first-order valence-corrected chi connectivity index (χ1v) is 7.87. The number of carbonyl (C=O) groups excluding carboxylic acids is 1. The summed E-state index contributed by atoms with van der Waals surface area (Å²) in [5.74, 6) is 0.896. The smallest absolute Gasteiger partial charge is 0.332 e. The second kappa shape index (κ2) is 6.20. The van der Waals surface area contributed by atoms with Crippen LogP contribution in [0.15, 0.2) is 28.8 Å². The molecule has 1 aromatic carbocycles. The fourth-order valence-electron chi connectivity index (χ4n) is 2.83. The van der Waals surface area contributed by atoms with Crippen LogP contribution in [0.3, 0.4) is 0 Å². The monoisotopic (exact) mass is 352 g/mol. The molecular formula is C16H17BrO4. The number of hydrogen-bond donors (Lipinski definition) is 0. The van der Waals surface area contributed by atoms with E-state index < -0.39 is 0 Å². The molecule has 0 radical (unpaired) electrons. The van der Waals surface area contributed by atoms with Gasteiger partial charge < -0.3 is 14.2 Å². The fourth-order valence-corrected chi connectivity index (χ4v) is 3.35. The van der Waals surface area contributed by atoms with E-state index in [1.54, 1.807) is 6.92 Å². The first-order valence-electron chi connectivity index (χ1n) is 7.08. The van der Waals surface area contributed by atoms with E-state index in [1.165, 1.54) is 5.56 Å². The molecule has 0 saturated heterocycles. The number of halogens is 1. The van der Waals surface area contributed by atoms with Gasteiger partial charge in [0.25, 0.3) is 0 Å². The van der Waals surface area contributed by atoms with Gasteiger partial charge in [-0.2, -0.15) is 0 Å². The molecule has 3 rings (SSSR count). The van der Waals surface area contributed by atoms with E-state index in [4.69, 9.17) is 14.2 Å². The SMILES string of the molecule is CCOC(=O)COCc1cc(Br)cc2c1O[C@@H]1CC=C[C@H]21. The van der Waals surface area contributed by atoms with Gasteiger partial charge in [-0.05, 0) is 19.1 Å². The average Bonchev–Trinajstić information content (AvgIpc) is 3.01. The van der Waals surface area contributed by atoms with E-state index in [0.717, 1.165) is 22.2 Å².